The zero-order valence-corrected chi connectivity index (χ0v) is 12.0. The van der Waals surface area contributed by atoms with E-state index in [1.54, 1.807) is 31.3 Å². The van der Waals surface area contributed by atoms with E-state index in [0.717, 1.165) is 24.0 Å². The van der Waals surface area contributed by atoms with E-state index < -0.39 is 10.0 Å². The molecule has 17 heavy (non-hydrogen) atoms. The van der Waals surface area contributed by atoms with Crippen LogP contribution in [0.2, 0.25) is 0 Å². The quantitative estimate of drug-likeness (QED) is 0.917. The Kier molecular flexibility index (Phi) is 3.87. The van der Waals surface area contributed by atoms with Crippen LogP contribution < -0.4 is 5.32 Å². The topological polar surface area (TPSA) is 49.4 Å². The van der Waals surface area contributed by atoms with Crippen molar-refractivity contribution in [2.45, 2.75) is 17.4 Å². The van der Waals surface area contributed by atoms with Gasteiger partial charge in [0, 0.05) is 24.1 Å². The van der Waals surface area contributed by atoms with E-state index in [4.69, 9.17) is 0 Å². The summed E-state index contributed by atoms with van der Waals surface area (Å²) in [6.07, 6.45) is 0.867. The van der Waals surface area contributed by atoms with Crippen LogP contribution in [0.4, 0.5) is 0 Å². The first-order valence-electron chi connectivity index (χ1n) is 5.46. The number of hydrogen-bond acceptors (Lipinski definition) is 3. The predicted molar refractivity (Wildman–Crippen MR) is 70.4 cm³/mol. The Bertz CT molecular complexity index is 481. The molecule has 1 N–H and O–H groups in total. The van der Waals surface area contributed by atoms with Crippen LogP contribution in [-0.2, 0) is 10.0 Å². The molecular weight excluding hydrogens is 304 g/mol. The van der Waals surface area contributed by atoms with Crippen LogP contribution in [0.15, 0.2) is 33.6 Å². The van der Waals surface area contributed by atoms with Crippen LogP contribution in [0, 0.1) is 0 Å². The number of benzene rings is 1. The fourth-order valence-electron chi connectivity index (χ4n) is 1.92. The molecule has 1 saturated heterocycles. The third kappa shape index (κ3) is 2.70. The molecule has 1 atom stereocenters. The van der Waals surface area contributed by atoms with Gasteiger partial charge < -0.3 is 5.32 Å². The number of sulfonamides is 1. The average molecular weight is 319 g/mol. The first kappa shape index (κ1) is 13.0. The summed E-state index contributed by atoms with van der Waals surface area (Å²) in [5.74, 6) is 0. The van der Waals surface area contributed by atoms with E-state index >= 15 is 0 Å². The minimum atomic E-state index is -3.37. The number of halogens is 1. The van der Waals surface area contributed by atoms with Crippen LogP contribution in [0.1, 0.15) is 6.42 Å². The fraction of sp³-hybridized carbons (Fsp3) is 0.455. The fourth-order valence-corrected chi connectivity index (χ4v) is 3.57. The normalized spacial score (nSPS) is 21.0. The maximum Gasteiger partial charge on any atom is 0.243 e. The van der Waals surface area contributed by atoms with Crippen LogP contribution in [0.25, 0.3) is 0 Å². The SMILES string of the molecule is CN(C1CCNC1)S(=O)(=O)c1ccc(Br)cc1. The van der Waals surface area contributed by atoms with Gasteiger partial charge >= 0.3 is 0 Å². The van der Waals surface area contributed by atoms with Crippen LogP contribution in [0.5, 0.6) is 0 Å². The maximum atomic E-state index is 12.3. The van der Waals surface area contributed by atoms with Crippen molar-refractivity contribution in [3.8, 4) is 0 Å². The van der Waals surface area contributed by atoms with Gasteiger partial charge in [-0.15, -0.1) is 0 Å². The van der Waals surface area contributed by atoms with Crippen molar-refractivity contribution in [1.82, 2.24) is 9.62 Å². The Morgan fingerprint density at radius 1 is 1.35 bits per heavy atom. The lowest BCUT2D eigenvalue weighted by atomic mass is 10.3. The van der Waals surface area contributed by atoms with Gasteiger partial charge in [-0.1, -0.05) is 15.9 Å². The van der Waals surface area contributed by atoms with Crippen LogP contribution in [-0.4, -0.2) is 38.9 Å². The van der Waals surface area contributed by atoms with E-state index in [1.807, 2.05) is 0 Å². The number of rotatable bonds is 3. The van der Waals surface area contributed by atoms with Gasteiger partial charge in [-0.05, 0) is 37.2 Å². The summed E-state index contributed by atoms with van der Waals surface area (Å²) in [7, 11) is -1.72. The summed E-state index contributed by atoms with van der Waals surface area (Å²) in [5.41, 5.74) is 0. The lowest BCUT2D eigenvalue weighted by Gasteiger charge is -2.23. The van der Waals surface area contributed by atoms with Gasteiger partial charge in [0.15, 0.2) is 0 Å². The number of nitrogens with zero attached hydrogens (tertiary/aromatic N) is 1. The Morgan fingerprint density at radius 2 is 2.00 bits per heavy atom. The first-order chi connectivity index (χ1) is 8.01. The summed E-state index contributed by atoms with van der Waals surface area (Å²) in [5, 5.41) is 3.17. The minimum absolute atomic E-state index is 0.0589. The second kappa shape index (κ2) is 5.06. The van der Waals surface area contributed by atoms with Gasteiger partial charge in [-0.3, -0.25) is 0 Å². The molecule has 1 aliphatic rings. The highest BCUT2D eigenvalue weighted by Gasteiger charge is 2.29. The molecule has 1 fully saturated rings. The maximum absolute atomic E-state index is 12.3. The molecule has 1 aliphatic heterocycles. The van der Waals surface area contributed by atoms with Crippen molar-refractivity contribution >= 4 is 26.0 Å². The molecule has 0 saturated carbocycles. The van der Waals surface area contributed by atoms with E-state index in [0.29, 0.717) is 4.90 Å². The molecule has 4 nitrogen and oxygen atoms in total. The molecule has 1 heterocycles. The predicted octanol–water partition coefficient (Wildman–Crippen LogP) is 1.43. The molecule has 0 spiro atoms. The second-order valence-corrected chi connectivity index (χ2v) is 7.03. The van der Waals surface area contributed by atoms with E-state index in [-0.39, 0.29) is 6.04 Å². The molecular formula is C11H15BrN2O2S. The average Bonchev–Trinajstić information content (AvgIpc) is 2.82. The van der Waals surface area contributed by atoms with Crippen LogP contribution in [0.3, 0.4) is 0 Å². The third-order valence-electron chi connectivity index (χ3n) is 3.04. The first-order valence-corrected chi connectivity index (χ1v) is 7.69. The van der Waals surface area contributed by atoms with Gasteiger partial charge in [0.1, 0.15) is 0 Å². The summed E-state index contributed by atoms with van der Waals surface area (Å²) >= 11 is 3.30. The van der Waals surface area contributed by atoms with Crippen molar-refractivity contribution in [2.75, 3.05) is 20.1 Å². The highest BCUT2D eigenvalue weighted by molar-refractivity contribution is 9.10. The molecule has 1 aromatic rings. The van der Waals surface area contributed by atoms with Gasteiger partial charge in [0.2, 0.25) is 10.0 Å². The van der Waals surface area contributed by atoms with Gasteiger partial charge in [-0.25, -0.2) is 8.42 Å². The van der Waals surface area contributed by atoms with Crippen molar-refractivity contribution in [1.29, 1.82) is 0 Å². The number of nitrogens with one attached hydrogen (secondary N) is 1. The minimum Gasteiger partial charge on any atom is -0.315 e. The molecule has 94 valence electrons. The molecule has 0 radical (unpaired) electrons. The molecule has 0 aromatic heterocycles. The van der Waals surface area contributed by atoms with E-state index in [2.05, 4.69) is 21.2 Å². The number of likely N-dealkylation sites (N-methyl/N-ethyl adjacent to an activating group) is 1. The second-order valence-electron chi connectivity index (χ2n) is 4.12. The standard InChI is InChI=1S/C11H15BrN2O2S/c1-14(10-6-7-13-8-10)17(15,16)11-4-2-9(12)3-5-11/h2-5,10,13H,6-8H2,1H3. The monoisotopic (exact) mass is 318 g/mol. The Labute approximate surface area is 110 Å². The summed E-state index contributed by atoms with van der Waals surface area (Å²) in [6.45, 7) is 1.61. The van der Waals surface area contributed by atoms with E-state index in [9.17, 15) is 8.42 Å². The molecule has 1 aromatic carbocycles. The highest BCUT2D eigenvalue weighted by Crippen LogP contribution is 2.21. The third-order valence-corrected chi connectivity index (χ3v) is 5.49. The zero-order chi connectivity index (χ0) is 12.5. The van der Waals surface area contributed by atoms with Gasteiger partial charge in [0.25, 0.3) is 0 Å². The van der Waals surface area contributed by atoms with E-state index in [1.165, 1.54) is 4.31 Å². The smallest absolute Gasteiger partial charge is 0.243 e. The zero-order valence-electron chi connectivity index (χ0n) is 9.56. The van der Waals surface area contributed by atoms with Crippen LogP contribution >= 0.6 is 15.9 Å². The Balaban J connectivity index is 2.26. The lowest BCUT2D eigenvalue weighted by molar-refractivity contribution is 0.388. The summed E-state index contributed by atoms with van der Waals surface area (Å²) < 4.78 is 27.0. The summed E-state index contributed by atoms with van der Waals surface area (Å²) in [4.78, 5) is 0.343. The largest absolute Gasteiger partial charge is 0.315 e. The Hall–Kier alpha value is -0.430. The molecule has 2 rings (SSSR count). The molecule has 1 unspecified atom stereocenters. The molecule has 6 heteroatoms. The van der Waals surface area contributed by atoms with Crippen molar-refractivity contribution < 1.29 is 8.42 Å². The molecule has 0 bridgehead atoms. The van der Waals surface area contributed by atoms with Crippen molar-refractivity contribution in [2.24, 2.45) is 0 Å². The Morgan fingerprint density at radius 3 is 2.53 bits per heavy atom. The van der Waals surface area contributed by atoms with Crippen molar-refractivity contribution in [3.05, 3.63) is 28.7 Å². The number of hydrogen-bond donors (Lipinski definition) is 1. The van der Waals surface area contributed by atoms with Gasteiger partial charge in [-0.2, -0.15) is 4.31 Å². The summed E-state index contributed by atoms with van der Waals surface area (Å²) in [6, 6.07) is 6.79. The van der Waals surface area contributed by atoms with Crippen molar-refractivity contribution in [3.63, 3.8) is 0 Å². The highest BCUT2D eigenvalue weighted by atomic mass is 79.9. The van der Waals surface area contributed by atoms with Gasteiger partial charge in [0.05, 0.1) is 4.90 Å². The molecule has 0 amide bonds. The molecule has 0 aliphatic carbocycles. The lowest BCUT2D eigenvalue weighted by Crippen LogP contribution is -2.38.